The maximum absolute atomic E-state index is 13.5. The summed E-state index contributed by atoms with van der Waals surface area (Å²) in [4.78, 5) is 41.2. The van der Waals surface area contributed by atoms with Crippen LogP contribution in [0.4, 0.5) is 4.79 Å². The Morgan fingerprint density at radius 3 is 2.38 bits per heavy atom. The molecule has 0 fully saturated rings. The highest BCUT2D eigenvalue weighted by Crippen LogP contribution is 2.25. The summed E-state index contributed by atoms with van der Waals surface area (Å²) in [7, 11) is 0. The number of hydrogen-bond acceptors (Lipinski definition) is 4. The average Bonchev–Trinajstić information content (AvgIpc) is 2.85. The van der Waals surface area contributed by atoms with Crippen LogP contribution in [-0.2, 0) is 33.7 Å². The number of carboxylic acids is 1. The fraction of sp³-hybridized carbons (Fsp3) is 0.444. The highest BCUT2D eigenvalue weighted by Gasteiger charge is 2.37. The minimum atomic E-state index is -1.02. The van der Waals surface area contributed by atoms with Gasteiger partial charge in [0.25, 0.3) is 0 Å². The number of benzene rings is 2. The van der Waals surface area contributed by atoms with Crippen molar-refractivity contribution in [1.82, 2.24) is 9.80 Å². The molecule has 2 aromatic rings. The lowest BCUT2D eigenvalue weighted by molar-refractivity contribution is -0.149. The zero-order valence-corrected chi connectivity index (χ0v) is 20.0. The van der Waals surface area contributed by atoms with E-state index in [4.69, 9.17) is 4.74 Å². The maximum atomic E-state index is 13.5. The molecule has 2 atom stereocenters. The minimum Gasteiger partial charge on any atom is -0.480 e. The lowest BCUT2D eigenvalue weighted by atomic mass is 9.94. The molecule has 0 spiro atoms. The zero-order chi connectivity index (χ0) is 24.5. The molecule has 0 saturated carbocycles. The minimum absolute atomic E-state index is 0.202. The number of aryl methyl sites for hydroxylation is 1. The van der Waals surface area contributed by atoms with E-state index >= 15 is 0 Å². The van der Waals surface area contributed by atoms with Gasteiger partial charge in [-0.15, -0.1) is 0 Å². The summed E-state index contributed by atoms with van der Waals surface area (Å²) < 4.78 is 5.30. The van der Waals surface area contributed by atoms with Crippen LogP contribution in [-0.4, -0.2) is 58.6 Å². The summed E-state index contributed by atoms with van der Waals surface area (Å²) in [5.74, 6) is -1.81. The molecule has 34 heavy (non-hydrogen) atoms. The number of nitrogens with zero attached hydrogens (tertiary/aromatic N) is 2. The number of carbonyl (C=O) groups is 3. The Morgan fingerprint density at radius 1 is 1.06 bits per heavy atom. The van der Waals surface area contributed by atoms with Crippen LogP contribution in [0.25, 0.3) is 0 Å². The van der Waals surface area contributed by atoms with E-state index in [9.17, 15) is 19.5 Å². The van der Waals surface area contributed by atoms with E-state index in [0.29, 0.717) is 13.0 Å². The number of esters is 1. The fourth-order valence-corrected chi connectivity index (χ4v) is 4.48. The first kappa shape index (κ1) is 25.3. The first-order valence-corrected chi connectivity index (χ1v) is 12.0. The molecule has 0 bridgehead atoms. The zero-order valence-electron chi connectivity index (χ0n) is 20.0. The predicted octanol–water partition coefficient (Wildman–Crippen LogP) is 4.14. The van der Waals surface area contributed by atoms with E-state index < -0.39 is 17.9 Å². The molecule has 1 N–H and O–H groups in total. The number of rotatable bonds is 10. The standard InChI is InChI=1S/C27H34N2O5/c1-3-28(18-23(26(32)34-4-2)16-10-13-20-11-6-5-7-12-20)27(33)29-19-22-15-9-8-14-21(22)17-24(29)25(30)31/h5-9,11-12,14-15,23-24H,3-4,10,13,16-19H2,1-2H3,(H,30,31)/t23-,24-/m0/s1. The summed E-state index contributed by atoms with van der Waals surface area (Å²) in [6.45, 7) is 4.70. The molecule has 7 heteroatoms. The molecule has 1 aliphatic rings. The topological polar surface area (TPSA) is 87.2 Å². The predicted molar refractivity (Wildman–Crippen MR) is 129 cm³/mol. The van der Waals surface area contributed by atoms with Crippen molar-refractivity contribution in [1.29, 1.82) is 0 Å². The van der Waals surface area contributed by atoms with Gasteiger partial charge in [0.2, 0.25) is 0 Å². The van der Waals surface area contributed by atoms with E-state index in [1.807, 2.05) is 49.4 Å². The van der Waals surface area contributed by atoms with Crippen molar-refractivity contribution in [3.05, 3.63) is 71.3 Å². The second-order valence-corrected chi connectivity index (χ2v) is 8.60. The van der Waals surface area contributed by atoms with Crippen LogP contribution in [0.15, 0.2) is 54.6 Å². The number of carbonyl (C=O) groups excluding carboxylic acids is 2. The Bertz CT molecular complexity index is 978. The van der Waals surface area contributed by atoms with Crippen molar-refractivity contribution in [2.75, 3.05) is 19.7 Å². The Balaban J connectivity index is 1.72. The number of fused-ring (bicyclic) bond motifs is 1. The van der Waals surface area contributed by atoms with Gasteiger partial charge in [-0.05, 0) is 49.8 Å². The molecular weight excluding hydrogens is 432 g/mol. The molecule has 0 saturated heterocycles. The third-order valence-corrected chi connectivity index (χ3v) is 6.35. The highest BCUT2D eigenvalue weighted by molar-refractivity contribution is 5.84. The second kappa shape index (κ2) is 12.2. The Labute approximate surface area is 201 Å². The van der Waals surface area contributed by atoms with Crippen LogP contribution in [0.1, 0.15) is 43.4 Å². The van der Waals surface area contributed by atoms with Crippen LogP contribution in [0.3, 0.4) is 0 Å². The van der Waals surface area contributed by atoms with Crippen molar-refractivity contribution in [2.45, 2.75) is 52.1 Å². The number of amides is 2. The summed E-state index contributed by atoms with van der Waals surface area (Å²) >= 11 is 0. The number of hydrogen-bond donors (Lipinski definition) is 1. The van der Waals surface area contributed by atoms with Gasteiger partial charge in [0, 0.05) is 26.1 Å². The average molecular weight is 467 g/mol. The number of carboxylic acid groups (broad SMARTS) is 1. The van der Waals surface area contributed by atoms with Crippen LogP contribution in [0, 0.1) is 5.92 Å². The third kappa shape index (κ3) is 6.37. The van der Waals surface area contributed by atoms with Gasteiger partial charge in [-0.25, -0.2) is 9.59 Å². The molecule has 1 aliphatic heterocycles. The van der Waals surface area contributed by atoms with Gasteiger partial charge >= 0.3 is 18.0 Å². The van der Waals surface area contributed by atoms with Crippen LogP contribution in [0.2, 0.25) is 0 Å². The first-order chi connectivity index (χ1) is 16.4. The van der Waals surface area contributed by atoms with E-state index in [1.54, 1.807) is 11.8 Å². The molecule has 3 rings (SSSR count). The molecule has 7 nitrogen and oxygen atoms in total. The first-order valence-electron chi connectivity index (χ1n) is 12.0. The lowest BCUT2D eigenvalue weighted by Gasteiger charge is -2.38. The van der Waals surface area contributed by atoms with Gasteiger partial charge in [-0.3, -0.25) is 4.79 Å². The quantitative estimate of drug-likeness (QED) is 0.532. The molecule has 0 radical (unpaired) electrons. The van der Waals surface area contributed by atoms with Crippen LogP contribution in [0.5, 0.6) is 0 Å². The van der Waals surface area contributed by atoms with E-state index in [0.717, 1.165) is 24.0 Å². The van der Waals surface area contributed by atoms with Crippen molar-refractivity contribution in [2.24, 2.45) is 5.92 Å². The van der Waals surface area contributed by atoms with E-state index in [-0.39, 0.29) is 38.1 Å². The van der Waals surface area contributed by atoms with Gasteiger partial charge in [-0.1, -0.05) is 54.6 Å². The molecule has 2 aromatic carbocycles. The molecule has 0 unspecified atom stereocenters. The summed E-state index contributed by atoms with van der Waals surface area (Å²) in [5, 5.41) is 9.82. The van der Waals surface area contributed by atoms with Crippen LogP contribution < -0.4 is 0 Å². The molecule has 1 heterocycles. The van der Waals surface area contributed by atoms with Gasteiger partial charge in [0.1, 0.15) is 6.04 Å². The third-order valence-electron chi connectivity index (χ3n) is 6.35. The molecule has 182 valence electrons. The molecule has 0 aliphatic carbocycles. The second-order valence-electron chi connectivity index (χ2n) is 8.60. The normalized spacial score (nSPS) is 15.8. The molecule has 0 aromatic heterocycles. The highest BCUT2D eigenvalue weighted by atomic mass is 16.5. The monoisotopic (exact) mass is 466 g/mol. The largest absolute Gasteiger partial charge is 0.480 e. The molecule has 2 amide bonds. The summed E-state index contributed by atoms with van der Waals surface area (Å²) in [6.07, 6.45) is 2.48. The SMILES string of the molecule is CCOC(=O)[C@@H](CCCc1ccccc1)CN(CC)C(=O)N1Cc2ccccc2C[C@H]1C(=O)O. The van der Waals surface area contributed by atoms with E-state index in [1.165, 1.54) is 10.5 Å². The molecular formula is C27H34N2O5. The van der Waals surface area contributed by atoms with Crippen LogP contribution >= 0.6 is 0 Å². The van der Waals surface area contributed by atoms with Gasteiger partial charge in [0.05, 0.1) is 12.5 Å². The van der Waals surface area contributed by atoms with Crippen molar-refractivity contribution in [3.8, 4) is 0 Å². The van der Waals surface area contributed by atoms with Gasteiger partial charge < -0.3 is 19.6 Å². The number of aliphatic carboxylic acids is 1. The van der Waals surface area contributed by atoms with Gasteiger partial charge in [-0.2, -0.15) is 0 Å². The number of ether oxygens (including phenoxy) is 1. The van der Waals surface area contributed by atoms with Crippen molar-refractivity contribution < 1.29 is 24.2 Å². The fourth-order valence-electron chi connectivity index (χ4n) is 4.48. The van der Waals surface area contributed by atoms with Gasteiger partial charge in [0.15, 0.2) is 0 Å². The Morgan fingerprint density at radius 2 is 1.74 bits per heavy atom. The Hall–Kier alpha value is -3.35. The number of urea groups is 1. The van der Waals surface area contributed by atoms with Crippen molar-refractivity contribution in [3.63, 3.8) is 0 Å². The summed E-state index contributed by atoms with van der Waals surface area (Å²) in [6, 6.07) is 16.4. The Kier molecular flexibility index (Phi) is 9.08. The van der Waals surface area contributed by atoms with E-state index in [2.05, 4.69) is 12.1 Å². The maximum Gasteiger partial charge on any atom is 0.326 e. The smallest absolute Gasteiger partial charge is 0.326 e. The lowest BCUT2D eigenvalue weighted by Crippen LogP contribution is -2.54. The van der Waals surface area contributed by atoms with Crippen molar-refractivity contribution >= 4 is 18.0 Å². The summed E-state index contributed by atoms with van der Waals surface area (Å²) in [5.41, 5.74) is 3.10.